The van der Waals surface area contributed by atoms with Crippen LogP contribution in [-0.4, -0.2) is 54.0 Å². The average molecular weight is 456 g/mol. The van der Waals surface area contributed by atoms with E-state index in [0.717, 1.165) is 6.42 Å². The molecule has 10 heteroatoms. The van der Waals surface area contributed by atoms with Crippen LogP contribution in [0, 0.1) is 11.7 Å². The Morgan fingerprint density at radius 1 is 1.40 bits per heavy atom. The van der Waals surface area contributed by atoms with Gasteiger partial charge in [-0.15, -0.1) is 0 Å². The summed E-state index contributed by atoms with van der Waals surface area (Å²) in [6.07, 6.45) is 2.17. The first-order chi connectivity index (χ1) is 14.2. The third-order valence-electron chi connectivity index (χ3n) is 5.67. The number of halogens is 2. The maximum Gasteiger partial charge on any atom is 0.227 e. The Kier molecular flexibility index (Phi) is 5.87. The molecule has 0 aliphatic carbocycles. The Bertz CT molecular complexity index is 1070. The van der Waals surface area contributed by atoms with Gasteiger partial charge in [0.15, 0.2) is 9.84 Å². The lowest BCUT2D eigenvalue weighted by Crippen LogP contribution is -2.46. The first-order valence-corrected chi connectivity index (χ1v) is 11.9. The first-order valence-electron chi connectivity index (χ1n) is 9.83. The fourth-order valence-corrected chi connectivity index (χ4v) is 6.01. The van der Waals surface area contributed by atoms with E-state index < -0.39 is 15.7 Å². The van der Waals surface area contributed by atoms with E-state index in [1.165, 1.54) is 24.4 Å². The number of fused-ring (bicyclic) bond motifs is 1. The van der Waals surface area contributed by atoms with Crippen molar-refractivity contribution in [2.75, 3.05) is 19.0 Å². The molecule has 2 aliphatic heterocycles. The molecule has 0 N–H and O–H groups in total. The van der Waals surface area contributed by atoms with Gasteiger partial charge in [0, 0.05) is 12.6 Å². The van der Waals surface area contributed by atoms with Gasteiger partial charge in [-0.2, -0.15) is 5.10 Å². The lowest BCUT2D eigenvalue weighted by atomic mass is 10.1. The van der Waals surface area contributed by atoms with Gasteiger partial charge in [-0.3, -0.25) is 9.48 Å². The number of hydrogen-bond acceptors (Lipinski definition) is 5. The maximum atomic E-state index is 13.4. The number of carbonyl (C=O) groups is 1. The number of nitrogens with zero attached hydrogens (tertiary/aromatic N) is 3. The van der Waals surface area contributed by atoms with Crippen molar-refractivity contribution in [3.05, 3.63) is 46.5 Å². The lowest BCUT2D eigenvalue weighted by molar-refractivity contribution is -0.134. The van der Waals surface area contributed by atoms with E-state index in [9.17, 15) is 17.6 Å². The third-order valence-corrected chi connectivity index (χ3v) is 7.88. The van der Waals surface area contributed by atoms with Crippen LogP contribution in [0.4, 0.5) is 4.39 Å². The Labute approximate surface area is 179 Å². The molecule has 1 saturated heterocycles. The second-order valence-electron chi connectivity index (χ2n) is 7.94. The molecule has 0 bridgehead atoms. The number of carbonyl (C=O) groups excluding carboxylic acids is 1. The molecule has 1 aromatic heterocycles. The smallest absolute Gasteiger partial charge is 0.227 e. The van der Waals surface area contributed by atoms with Crippen LogP contribution in [0.5, 0.6) is 0 Å². The van der Waals surface area contributed by atoms with Gasteiger partial charge in [-0.1, -0.05) is 17.7 Å². The van der Waals surface area contributed by atoms with Crippen molar-refractivity contribution >= 4 is 27.3 Å². The molecule has 0 spiro atoms. The average Bonchev–Trinajstić information content (AvgIpc) is 3.33. The number of amides is 1. The molecule has 0 unspecified atom stereocenters. The van der Waals surface area contributed by atoms with E-state index >= 15 is 0 Å². The van der Waals surface area contributed by atoms with Crippen LogP contribution in [0.15, 0.2) is 29.3 Å². The predicted molar refractivity (Wildman–Crippen MR) is 108 cm³/mol. The first kappa shape index (κ1) is 21.3. The van der Waals surface area contributed by atoms with Gasteiger partial charge < -0.3 is 9.64 Å². The zero-order chi connectivity index (χ0) is 21.5. The standard InChI is InChI=1S/C20H23ClFN3O4S/c1-13-9-25-18(19(8-23-25)30(27,28)12-15-4-5-29-11-15)10-24(13)20(26)7-14-2-3-17(22)16(21)6-14/h2-3,6,8,13,15H,4-5,7,9-12H2,1H3/t13-,15-/m0/s1. The molecule has 3 heterocycles. The molecule has 0 saturated carbocycles. The molecule has 2 aromatic rings. The van der Waals surface area contributed by atoms with Crippen LogP contribution in [0.1, 0.15) is 24.6 Å². The van der Waals surface area contributed by atoms with Crippen LogP contribution < -0.4 is 0 Å². The summed E-state index contributed by atoms with van der Waals surface area (Å²) in [5.74, 6) is -0.715. The monoisotopic (exact) mass is 455 g/mol. The third kappa shape index (κ3) is 4.24. The molecule has 2 atom stereocenters. The highest BCUT2D eigenvalue weighted by molar-refractivity contribution is 7.91. The van der Waals surface area contributed by atoms with Crippen molar-refractivity contribution in [2.24, 2.45) is 5.92 Å². The molecule has 2 aliphatic rings. The summed E-state index contributed by atoms with van der Waals surface area (Å²) in [6, 6.07) is 4.04. The number of rotatable bonds is 5. The number of sulfone groups is 1. The lowest BCUT2D eigenvalue weighted by Gasteiger charge is -2.34. The van der Waals surface area contributed by atoms with Crippen molar-refractivity contribution in [3.63, 3.8) is 0 Å². The van der Waals surface area contributed by atoms with Crippen molar-refractivity contribution in [1.82, 2.24) is 14.7 Å². The molecular weight excluding hydrogens is 433 g/mol. The Morgan fingerprint density at radius 2 is 2.20 bits per heavy atom. The van der Waals surface area contributed by atoms with Crippen LogP contribution in [0.3, 0.4) is 0 Å². The minimum atomic E-state index is -3.54. The molecule has 1 aromatic carbocycles. The van der Waals surface area contributed by atoms with Crippen LogP contribution in [-0.2, 0) is 38.9 Å². The fraction of sp³-hybridized carbons (Fsp3) is 0.500. The molecular formula is C20H23ClFN3O4S. The Morgan fingerprint density at radius 3 is 2.90 bits per heavy atom. The van der Waals surface area contributed by atoms with Gasteiger partial charge in [0.25, 0.3) is 0 Å². The quantitative estimate of drug-likeness (QED) is 0.691. The van der Waals surface area contributed by atoms with E-state index in [4.69, 9.17) is 16.3 Å². The van der Waals surface area contributed by atoms with Gasteiger partial charge in [0.05, 0.1) is 48.8 Å². The highest BCUT2D eigenvalue weighted by Crippen LogP contribution is 2.28. The van der Waals surface area contributed by atoms with Crippen LogP contribution >= 0.6 is 11.6 Å². The van der Waals surface area contributed by atoms with E-state index in [0.29, 0.717) is 31.0 Å². The van der Waals surface area contributed by atoms with Crippen LogP contribution in [0.2, 0.25) is 5.02 Å². The van der Waals surface area contributed by atoms with Crippen molar-refractivity contribution in [2.45, 2.75) is 43.8 Å². The fourth-order valence-electron chi connectivity index (χ4n) is 4.01. The Hall–Kier alpha value is -1.97. The highest BCUT2D eigenvalue weighted by Gasteiger charge is 2.34. The van der Waals surface area contributed by atoms with Crippen LogP contribution in [0.25, 0.3) is 0 Å². The van der Waals surface area contributed by atoms with E-state index in [-0.39, 0.29) is 46.5 Å². The van der Waals surface area contributed by atoms with Gasteiger partial charge >= 0.3 is 0 Å². The molecule has 162 valence electrons. The summed E-state index contributed by atoms with van der Waals surface area (Å²) in [7, 11) is -3.54. The highest BCUT2D eigenvalue weighted by atomic mass is 35.5. The largest absolute Gasteiger partial charge is 0.381 e. The number of ether oxygens (including phenoxy) is 1. The van der Waals surface area contributed by atoms with Crippen molar-refractivity contribution < 1.29 is 22.3 Å². The summed E-state index contributed by atoms with van der Waals surface area (Å²) in [4.78, 5) is 14.8. The number of hydrogen-bond donors (Lipinski definition) is 0. The summed E-state index contributed by atoms with van der Waals surface area (Å²) in [5, 5.41) is 4.22. The summed E-state index contributed by atoms with van der Waals surface area (Å²) >= 11 is 5.82. The van der Waals surface area contributed by atoms with Gasteiger partial charge in [0.2, 0.25) is 5.91 Å². The molecule has 4 rings (SSSR count). The second-order valence-corrected chi connectivity index (χ2v) is 10.4. The number of aromatic nitrogens is 2. The van der Waals surface area contributed by atoms with Crippen molar-refractivity contribution in [3.8, 4) is 0 Å². The molecule has 30 heavy (non-hydrogen) atoms. The topological polar surface area (TPSA) is 81.5 Å². The summed E-state index contributed by atoms with van der Waals surface area (Å²) in [6.45, 7) is 3.49. The van der Waals surface area contributed by atoms with Crippen molar-refractivity contribution in [1.29, 1.82) is 0 Å². The number of benzene rings is 1. The van der Waals surface area contributed by atoms with E-state index in [1.54, 1.807) is 9.58 Å². The summed E-state index contributed by atoms with van der Waals surface area (Å²) in [5.41, 5.74) is 1.13. The molecule has 1 fully saturated rings. The van der Waals surface area contributed by atoms with Gasteiger partial charge in [0.1, 0.15) is 10.7 Å². The SMILES string of the molecule is C[C@H]1Cn2ncc(S(=O)(=O)C[C@H]3CCOC3)c2CN1C(=O)Cc1ccc(F)c(Cl)c1. The second kappa shape index (κ2) is 8.28. The van der Waals surface area contributed by atoms with E-state index in [1.807, 2.05) is 6.92 Å². The predicted octanol–water partition coefficient (Wildman–Crippen LogP) is 2.46. The summed E-state index contributed by atoms with van der Waals surface area (Å²) < 4.78 is 46.3. The zero-order valence-electron chi connectivity index (χ0n) is 16.6. The minimum absolute atomic E-state index is 0.0171. The van der Waals surface area contributed by atoms with E-state index in [2.05, 4.69) is 5.10 Å². The molecule has 0 radical (unpaired) electrons. The zero-order valence-corrected chi connectivity index (χ0v) is 18.1. The molecule has 7 nitrogen and oxygen atoms in total. The normalized spacial score (nSPS) is 21.6. The van der Waals surface area contributed by atoms with Gasteiger partial charge in [-0.05, 0) is 37.0 Å². The maximum absolute atomic E-state index is 13.4. The molecule has 1 amide bonds. The Balaban J connectivity index is 1.54. The minimum Gasteiger partial charge on any atom is -0.381 e. The van der Waals surface area contributed by atoms with Gasteiger partial charge in [-0.25, -0.2) is 12.8 Å².